The van der Waals surface area contributed by atoms with E-state index in [-0.39, 0.29) is 28.6 Å². The lowest BCUT2D eigenvalue weighted by Gasteiger charge is -2.34. The molecule has 1 atom stereocenters. The molecule has 5 rings (SSSR count). The summed E-state index contributed by atoms with van der Waals surface area (Å²) in [6.45, 7) is 0. The summed E-state index contributed by atoms with van der Waals surface area (Å²) in [6, 6.07) is 18.6. The zero-order chi connectivity index (χ0) is 29.4. The maximum Gasteiger partial charge on any atom is 0.417 e. The van der Waals surface area contributed by atoms with Crippen molar-refractivity contribution in [3.63, 3.8) is 0 Å². The summed E-state index contributed by atoms with van der Waals surface area (Å²) in [4.78, 5) is 21.4. The Kier molecular flexibility index (Phi) is 7.35. The molecule has 6 nitrogen and oxygen atoms in total. The fourth-order valence-electron chi connectivity index (χ4n) is 5.31. The number of hydrogen-bond acceptors (Lipinski definition) is 4. The van der Waals surface area contributed by atoms with Crippen molar-refractivity contribution in [2.75, 3.05) is 14.2 Å². The Bertz CT molecular complexity index is 1720. The van der Waals surface area contributed by atoms with Crippen LogP contribution in [0.5, 0.6) is 0 Å². The van der Waals surface area contributed by atoms with Gasteiger partial charge >= 0.3 is 6.18 Å². The minimum atomic E-state index is -4.83. The molecular weight excluding hydrogens is 536 g/mol. The summed E-state index contributed by atoms with van der Waals surface area (Å²) in [5, 5.41) is 2.22. The Morgan fingerprint density at radius 1 is 1.00 bits per heavy atom. The average Bonchev–Trinajstić information content (AvgIpc) is 3.39. The normalized spacial score (nSPS) is 13.2. The van der Waals surface area contributed by atoms with Gasteiger partial charge in [-0.15, -0.1) is 0 Å². The van der Waals surface area contributed by atoms with Crippen LogP contribution in [0.4, 0.5) is 17.6 Å². The highest BCUT2D eigenvalue weighted by Gasteiger charge is 2.42. The molecule has 0 spiro atoms. The maximum atomic E-state index is 15.0. The predicted octanol–water partition coefficient (Wildman–Crippen LogP) is 6.01. The van der Waals surface area contributed by atoms with Crippen molar-refractivity contribution in [2.24, 2.45) is 7.05 Å². The van der Waals surface area contributed by atoms with Crippen LogP contribution in [0.25, 0.3) is 10.9 Å². The van der Waals surface area contributed by atoms with E-state index in [1.54, 1.807) is 60.5 Å². The van der Waals surface area contributed by atoms with Crippen molar-refractivity contribution in [1.29, 1.82) is 0 Å². The molecule has 0 radical (unpaired) electrons. The van der Waals surface area contributed by atoms with Crippen molar-refractivity contribution < 1.29 is 27.1 Å². The topological polar surface area (TPSA) is 69.0 Å². The molecular formula is C31H26F4N4O2. The van der Waals surface area contributed by atoms with E-state index in [0.29, 0.717) is 22.4 Å². The quantitative estimate of drug-likeness (QED) is 0.247. The number of carbonyl (C=O) groups is 1. The van der Waals surface area contributed by atoms with Gasteiger partial charge in [0, 0.05) is 38.6 Å². The van der Waals surface area contributed by atoms with Crippen LogP contribution in [0, 0.1) is 5.82 Å². The van der Waals surface area contributed by atoms with E-state index in [2.05, 4.69) is 15.3 Å². The number of methoxy groups -OCH3 is 1. The highest BCUT2D eigenvalue weighted by Crippen LogP contribution is 2.44. The molecule has 0 saturated heterocycles. The van der Waals surface area contributed by atoms with Gasteiger partial charge < -0.3 is 14.6 Å². The van der Waals surface area contributed by atoms with E-state index in [4.69, 9.17) is 4.74 Å². The summed E-state index contributed by atoms with van der Waals surface area (Å²) >= 11 is 0. The van der Waals surface area contributed by atoms with Crippen molar-refractivity contribution >= 4 is 16.8 Å². The Hall–Kier alpha value is -4.57. The highest BCUT2D eigenvalue weighted by molar-refractivity contribution is 5.98. The minimum absolute atomic E-state index is 0.00870. The molecule has 3 aromatic carbocycles. The fourth-order valence-corrected chi connectivity index (χ4v) is 5.31. The second kappa shape index (κ2) is 10.8. The summed E-state index contributed by atoms with van der Waals surface area (Å²) in [6.07, 6.45) is -1.90. The number of halogens is 4. The molecule has 1 N–H and O–H groups in total. The zero-order valence-corrected chi connectivity index (χ0v) is 22.5. The van der Waals surface area contributed by atoms with Crippen LogP contribution in [-0.4, -0.2) is 34.6 Å². The van der Waals surface area contributed by atoms with Crippen molar-refractivity contribution in [3.05, 3.63) is 130 Å². The molecule has 2 heterocycles. The van der Waals surface area contributed by atoms with Gasteiger partial charge in [-0.1, -0.05) is 48.5 Å². The van der Waals surface area contributed by atoms with Crippen molar-refractivity contribution in [3.8, 4) is 0 Å². The number of imidazole rings is 1. The fraction of sp³-hybridized carbons (Fsp3) is 0.194. The first-order valence-electron chi connectivity index (χ1n) is 12.7. The van der Waals surface area contributed by atoms with E-state index in [1.807, 2.05) is 0 Å². The van der Waals surface area contributed by atoms with Crippen LogP contribution in [0.3, 0.4) is 0 Å². The third kappa shape index (κ3) is 4.95. The lowest BCUT2D eigenvalue weighted by molar-refractivity contribution is -0.136. The lowest BCUT2D eigenvalue weighted by Crippen LogP contribution is -2.34. The molecule has 1 amide bonds. The molecule has 5 aromatic rings. The van der Waals surface area contributed by atoms with Crippen LogP contribution in [0.2, 0.25) is 0 Å². The van der Waals surface area contributed by atoms with Crippen molar-refractivity contribution in [1.82, 2.24) is 19.9 Å². The molecule has 41 heavy (non-hydrogen) atoms. The number of carbonyl (C=O) groups excluding carboxylic acids is 1. The summed E-state index contributed by atoms with van der Waals surface area (Å²) < 4.78 is 66.7. The van der Waals surface area contributed by atoms with Gasteiger partial charge in [-0.25, -0.2) is 14.4 Å². The van der Waals surface area contributed by atoms with E-state index < -0.39 is 29.1 Å². The molecule has 210 valence electrons. The third-order valence-electron chi connectivity index (χ3n) is 7.18. The molecule has 1 unspecified atom stereocenters. The number of ether oxygens (including phenoxy) is 1. The number of pyridine rings is 1. The summed E-state index contributed by atoms with van der Waals surface area (Å²) in [7, 11) is 4.51. The van der Waals surface area contributed by atoms with Gasteiger partial charge in [-0.05, 0) is 41.0 Å². The van der Waals surface area contributed by atoms with Gasteiger partial charge in [-0.2, -0.15) is 13.2 Å². The molecule has 0 aliphatic heterocycles. The Labute approximate surface area is 233 Å². The van der Waals surface area contributed by atoms with E-state index in [1.165, 1.54) is 50.6 Å². The van der Waals surface area contributed by atoms with E-state index in [9.17, 15) is 22.4 Å². The number of hydrogen-bond donors (Lipinski definition) is 1. The molecule has 0 fully saturated rings. The van der Waals surface area contributed by atoms with Crippen LogP contribution < -0.4 is 5.32 Å². The number of rotatable bonds is 7. The largest absolute Gasteiger partial charge is 0.417 e. The van der Waals surface area contributed by atoms with Crippen LogP contribution >= 0.6 is 0 Å². The maximum absolute atomic E-state index is 15.0. The number of nitrogens with zero attached hydrogens (tertiary/aromatic N) is 3. The third-order valence-corrected chi connectivity index (χ3v) is 7.18. The van der Waals surface area contributed by atoms with Gasteiger partial charge in [-0.3, -0.25) is 4.79 Å². The minimum Gasteiger partial charge on any atom is -0.362 e. The Morgan fingerprint density at radius 2 is 1.68 bits per heavy atom. The Morgan fingerprint density at radius 3 is 2.27 bits per heavy atom. The van der Waals surface area contributed by atoms with Gasteiger partial charge in [0.25, 0.3) is 5.91 Å². The first kappa shape index (κ1) is 28.0. The smallest absolute Gasteiger partial charge is 0.362 e. The first-order chi connectivity index (χ1) is 19.6. The molecule has 0 aliphatic carbocycles. The number of aromatic nitrogens is 3. The van der Waals surface area contributed by atoms with Gasteiger partial charge in [0.15, 0.2) is 5.60 Å². The highest BCUT2D eigenvalue weighted by atomic mass is 19.4. The van der Waals surface area contributed by atoms with Gasteiger partial charge in [0.1, 0.15) is 11.5 Å². The van der Waals surface area contributed by atoms with Crippen LogP contribution in [0.15, 0.2) is 85.3 Å². The number of fused-ring (bicyclic) bond motifs is 1. The molecule has 0 aliphatic rings. The zero-order valence-electron chi connectivity index (χ0n) is 22.5. The second-order valence-electron chi connectivity index (χ2n) is 9.57. The average molecular weight is 563 g/mol. The first-order valence-corrected chi connectivity index (χ1v) is 12.7. The summed E-state index contributed by atoms with van der Waals surface area (Å²) in [5.41, 5.74) is -1.02. The monoisotopic (exact) mass is 562 g/mol. The van der Waals surface area contributed by atoms with Gasteiger partial charge in [0.05, 0.1) is 29.3 Å². The number of aryl methyl sites for hydroxylation is 1. The molecule has 10 heteroatoms. The SMILES string of the molecule is CNC(=O)c1nc2ccc(C(OC)(c3ccc(F)cc3)c3cncn3C)cc2c(C(F)(F)F)c1Cc1ccccc1. The predicted molar refractivity (Wildman–Crippen MR) is 146 cm³/mol. The van der Waals surface area contributed by atoms with E-state index >= 15 is 0 Å². The number of nitrogens with one attached hydrogen (secondary N) is 1. The van der Waals surface area contributed by atoms with E-state index in [0.717, 1.165) is 0 Å². The number of benzene rings is 3. The van der Waals surface area contributed by atoms with Crippen LogP contribution in [0.1, 0.15) is 44.0 Å². The second-order valence-corrected chi connectivity index (χ2v) is 9.57. The van der Waals surface area contributed by atoms with Crippen molar-refractivity contribution in [2.45, 2.75) is 18.2 Å². The molecule has 0 bridgehead atoms. The molecule has 2 aromatic heterocycles. The Balaban J connectivity index is 1.87. The molecule has 0 saturated carbocycles. The number of amides is 1. The van der Waals surface area contributed by atoms with Crippen LogP contribution in [-0.2, 0) is 30.0 Å². The van der Waals surface area contributed by atoms with Gasteiger partial charge in [0.2, 0.25) is 0 Å². The number of alkyl halides is 3. The lowest BCUT2D eigenvalue weighted by atomic mass is 9.82. The summed E-state index contributed by atoms with van der Waals surface area (Å²) in [5.74, 6) is -1.20. The standard InChI is InChI=1S/C31H26F4N4O2/c1-36-29(40)28-24(15-19-7-5-4-6-8-19)27(31(33,34)35)23-16-21(11-14-25(23)38-28)30(41-3,26-17-37-18-39(26)2)20-9-12-22(32)13-10-20/h4-14,16-18H,15H2,1-3H3,(H,36,40).